The van der Waals surface area contributed by atoms with Crippen LogP contribution >= 0.6 is 11.6 Å². The van der Waals surface area contributed by atoms with Crippen LogP contribution < -0.4 is 4.90 Å². The average Bonchev–Trinajstić information content (AvgIpc) is 3.08. The molecule has 2 amide bonds. The number of aromatic nitrogens is 2. The van der Waals surface area contributed by atoms with Gasteiger partial charge in [-0.1, -0.05) is 17.7 Å². The molecule has 0 radical (unpaired) electrons. The lowest BCUT2D eigenvalue weighted by atomic mass is 10.1. The van der Waals surface area contributed by atoms with Crippen LogP contribution in [0, 0.1) is 6.92 Å². The third kappa shape index (κ3) is 6.13. The van der Waals surface area contributed by atoms with Gasteiger partial charge in [-0.15, -0.1) is 0 Å². The normalized spacial score (nSPS) is 16.0. The molecule has 9 heteroatoms. The standard InChI is InChI=1S/C24H34ClN5O3/c1-17(2)28-9-6-10-30(23(31)16-33-5)22-13-20(25)8-7-19(22)14-29(12-11-28)24(32)21-15-27(4)26-18(21)3/h7-8,13,15,17H,6,9-12,14,16H2,1-5H3. The summed E-state index contributed by atoms with van der Waals surface area (Å²) in [6.07, 6.45) is 2.56. The van der Waals surface area contributed by atoms with E-state index in [0.717, 1.165) is 30.8 Å². The van der Waals surface area contributed by atoms with Crippen LogP contribution in [0.4, 0.5) is 5.69 Å². The number of halogens is 1. The van der Waals surface area contributed by atoms with Crippen molar-refractivity contribution in [3.05, 3.63) is 46.2 Å². The predicted molar refractivity (Wildman–Crippen MR) is 130 cm³/mol. The molecular weight excluding hydrogens is 442 g/mol. The summed E-state index contributed by atoms with van der Waals surface area (Å²) in [7, 11) is 3.33. The SMILES string of the molecule is COCC(=O)N1CCCN(C(C)C)CCN(C(=O)c2cn(C)nc2C)Cc2ccc(Cl)cc21. The summed E-state index contributed by atoms with van der Waals surface area (Å²) < 4.78 is 6.80. The van der Waals surface area contributed by atoms with E-state index in [2.05, 4.69) is 23.8 Å². The van der Waals surface area contributed by atoms with E-state index in [1.54, 1.807) is 27.9 Å². The molecule has 1 aliphatic rings. The summed E-state index contributed by atoms with van der Waals surface area (Å²) in [6, 6.07) is 5.83. The third-order valence-corrected chi connectivity index (χ3v) is 6.25. The molecule has 33 heavy (non-hydrogen) atoms. The fourth-order valence-electron chi connectivity index (χ4n) is 4.25. The van der Waals surface area contributed by atoms with Gasteiger partial charge < -0.3 is 14.5 Å². The lowest BCUT2D eigenvalue weighted by Crippen LogP contribution is -2.41. The molecule has 0 atom stereocenters. The molecule has 0 saturated heterocycles. The van der Waals surface area contributed by atoms with Gasteiger partial charge in [-0.05, 0) is 44.9 Å². The van der Waals surface area contributed by atoms with Gasteiger partial charge in [-0.2, -0.15) is 5.10 Å². The van der Waals surface area contributed by atoms with Crippen molar-refractivity contribution in [2.75, 3.05) is 44.8 Å². The van der Waals surface area contributed by atoms with Crippen LogP contribution in [0.1, 0.15) is 41.9 Å². The Balaban J connectivity index is 2.04. The van der Waals surface area contributed by atoms with E-state index in [1.807, 2.05) is 24.9 Å². The Kier molecular flexibility index (Phi) is 8.51. The first kappa shape index (κ1) is 25.2. The minimum Gasteiger partial charge on any atom is -0.375 e. The number of nitrogens with zero attached hydrogens (tertiary/aromatic N) is 5. The second-order valence-corrected chi connectivity index (χ2v) is 9.20. The number of methoxy groups -OCH3 is 1. The molecule has 8 nitrogen and oxygen atoms in total. The Hall–Kier alpha value is -2.42. The maximum absolute atomic E-state index is 13.6. The van der Waals surface area contributed by atoms with Gasteiger partial charge in [0, 0.05) is 64.1 Å². The van der Waals surface area contributed by atoms with Crippen molar-refractivity contribution < 1.29 is 14.3 Å². The van der Waals surface area contributed by atoms with Gasteiger partial charge in [0.25, 0.3) is 11.8 Å². The van der Waals surface area contributed by atoms with Gasteiger partial charge in [-0.25, -0.2) is 0 Å². The smallest absolute Gasteiger partial charge is 0.257 e. The fourth-order valence-corrected chi connectivity index (χ4v) is 4.42. The number of benzene rings is 1. The number of anilines is 1. The summed E-state index contributed by atoms with van der Waals surface area (Å²) >= 11 is 6.34. The summed E-state index contributed by atoms with van der Waals surface area (Å²) in [6.45, 7) is 9.18. The third-order valence-electron chi connectivity index (χ3n) is 6.01. The second-order valence-electron chi connectivity index (χ2n) is 8.76. The van der Waals surface area contributed by atoms with Crippen LogP contribution in [-0.2, 0) is 23.1 Å². The van der Waals surface area contributed by atoms with Crippen LogP contribution in [0.25, 0.3) is 0 Å². The van der Waals surface area contributed by atoms with Crippen LogP contribution in [-0.4, -0.2) is 77.3 Å². The fraction of sp³-hybridized carbons (Fsp3) is 0.542. The van der Waals surface area contributed by atoms with Crippen molar-refractivity contribution in [1.82, 2.24) is 19.6 Å². The van der Waals surface area contributed by atoms with E-state index in [0.29, 0.717) is 42.0 Å². The largest absolute Gasteiger partial charge is 0.375 e. The molecule has 1 aliphatic heterocycles. The highest BCUT2D eigenvalue weighted by Gasteiger charge is 2.26. The molecule has 0 aliphatic carbocycles. The van der Waals surface area contributed by atoms with Gasteiger partial charge in [0.2, 0.25) is 0 Å². The minimum atomic E-state index is -0.127. The average molecular weight is 476 g/mol. The molecule has 2 aromatic rings. The molecule has 1 aromatic heterocycles. The molecule has 0 unspecified atom stereocenters. The van der Waals surface area contributed by atoms with E-state index >= 15 is 0 Å². The van der Waals surface area contributed by atoms with Crippen LogP contribution in [0.3, 0.4) is 0 Å². The zero-order valence-corrected chi connectivity index (χ0v) is 20.9. The number of rotatable bonds is 4. The maximum Gasteiger partial charge on any atom is 0.257 e. The van der Waals surface area contributed by atoms with Crippen LogP contribution in [0.2, 0.25) is 5.02 Å². The van der Waals surface area contributed by atoms with Crippen molar-refractivity contribution in [2.45, 2.75) is 39.8 Å². The number of carbonyl (C=O) groups excluding carboxylic acids is 2. The van der Waals surface area contributed by atoms with Gasteiger partial charge in [0.05, 0.1) is 16.9 Å². The van der Waals surface area contributed by atoms with Gasteiger partial charge >= 0.3 is 0 Å². The first-order valence-corrected chi connectivity index (χ1v) is 11.7. The van der Waals surface area contributed by atoms with Gasteiger partial charge in [0.15, 0.2) is 0 Å². The summed E-state index contributed by atoms with van der Waals surface area (Å²) in [5.41, 5.74) is 2.89. The number of hydrogen-bond acceptors (Lipinski definition) is 5. The Morgan fingerprint density at radius 2 is 1.94 bits per heavy atom. The predicted octanol–water partition coefficient (Wildman–Crippen LogP) is 3.12. The topological polar surface area (TPSA) is 70.9 Å². The van der Waals surface area contributed by atoms with Crippen molar-refractivity contribution in [3.8, 4) is 0 Å². The van der Waals surface area contributed by atoms with Crippen LogP contribution in [0.5, 0.6) is 0 Å². The van der Waals surface area contributed by atoms with E-state index in [1.165, 1.54) is 7.11 Å². The first-order valence-electron chi connectivity index (χ1n) is 11.3. The quantitative estimate of drug-likeness (QED) is 0.679. The highest BCUT2D eigenvalue weighted by atomic mass is 35.5. The highest BCUT2D eigenvalue weighted by molar-refractivity contribution is 6.31. The van der Waals surface area contributed by atoms with Crippen LogP contribution in [0.15, 0.2) is 24.4 Å². The van der Waals surface area contributed by atoms with Gasteiger partial charge in [0.1, 0.15) is 6.61 Å². The lowest BCUT2D eigenvalue weighted by molar-refractivity contribution is -0.122. The van der Waals surface area contributed by atoms with Crippen molar-refractivity contribution >= 4 is 29.1 Å². The number of hydrogen-bond donors (Lipinski definition) is 0. The van der Waals surface area contributed by atoms with Crippen molar-refractivity contribution in [1.29, 1.82) is 0 Å². The summed E-state index contributed by atoms with van der Waals surface area (Å²) in [4.78, 5) is 32.5. The Morgan fingerprint density at radius 3 is 2.58 bits per heavy atom. The molecule has 0 N–H and O–H groups in total. The molecule has 0 saturated carbocycles. The number of ether oxygens (including phenoxy) is 1. The zero-order valence-electron chi connectivity index (χ0n) is 20.2. The molecule has 0 spiro atoms. The van der Waals surface area contributed by atoms with E-state index in [4.69, 9.17) is 16.3 Å². The first-order chi connectivity index (χ1) is 15.7. The maximum atomic E-state index is 13.6. The number of fused-ring (bicyclic) bond motifs is 1. The Bertz CT molecular complexity index is 990. The Morgan fingerprint density at radius 1 is 1.18 bits per heavy atom. The monoisotopic (exact) mass is 475 g/mol. The van der Waals surface area contributed by atoms with Crippen molar-refractivity contribution in [3.63, 3.8) is 0 Å². The second kappa shape index (κ2) is 11.1. The van der Waals surface area contributed by atoms with Gasteiger partial charge in [-0.3, -0.25) is 19.2 Å². The van der Waals surface area contributed by atoms with Crippen molar-refractivity contribution in [2.24, 2.45) is 7.05 Å². The Labute approximate surface area is 201 Å². The van der Waals surface area contributed by atoms with E-state index in [9.17, 15) is 9.59 Å². The van der Waals surface area contributed by atoms with E-state index < -0.39 is 0 Å². The van der Waals surface area contributed by atoms with E-state index in [-0.39, 0.29) is 18.4 Å². The summed E-state index contributed by atoms with van der Waals surface area (Å²) in [5.74, 6) is -0.198. The minimum absolute atomic E-state index is 0.0165. The zero-order chi connectivity index (χ0) is 24.1. The molecule has 2 heterocycles. The number of aryl methyl sites for hydroxylation is 2. The molecule has 3 rings (SSSR count). The molecular formula is C24H34ClN5O3. The molecule has 1 aromatic carbocycles. The molecule has 180 valence electrons. The number of amides is 2. The summed E-state index contributed by atoms with van der Waals surface area (Å²) in [5, 5.41) is 4.89. The highest BCUT2D eigenvalue weighted by Crippen LogP contribution is 2.28. The lowest BCUT2D eigenvalue weighted by Gasteiger charge is -2.30. The molecule has 0 bridgehead atoms. The number of carbonyl (C=O) groups is 2. The molecule has 0 fully saturated rings.